The van der Waals surface area contributed by atoms with Gasteiger partial charge in [-0.15, -0.1) is 0 Å². The molecule has 3 unspecified atom stereocenters. The van der Waals surface area contributed by atoms with E-state index < -0.39 is 23.8 Å². The van der Waals surface area contributed by atoms with E-state index in [2.05, 4.69) is 0 Å². The molecule has 0 bridgehead atoms. The zero-order valence-corrected chi connectivity index (χ0v) is 27.8. The van der Waals surface area contributed by atoms with Gasteiger partial charge in [0.05, 0.1) is 24.5 Å². The quantitative estimate of drug-likeness (QED) is 0.285. The fourth-order valence-electron chi connectivity index (χ4n) is 6.78. The summed E-state index contributed by atoms with van der Waals surface area (Å²) in [6, 6.07) is 16.6. The molecule has 48 heavy (non-hydrogen) atoms. The van der Waals surface area contributed by atoms with Crippen LogP contribution in [0.2, 0.25) is 0 Å². The topological polar surface area (TPSA) is 117 Å². The first-order valence-electron chi connectivity index (χ1n) is 17.5. The molecule has 2 aromatic rings. The van der Waals surface area contributed by atoms with Gasteiger partial charge in [0.2, 0.25) is 17.7 Å². The molecule has 3 atom stereocenters. The number of likely N-dealkylation sites (tertiary alicyclic amines) is 2. The van der Waals surface area contributed by atoms with Gasteiger partial charge in [-0.1, -0.05) is 54.6 Å². The monoisotopic (exact) mass is 659 g/mol. The van der Waals surface area contributed by atoms with Crippen molar-refractivity contribution in [3.05, 3.63) is 77.9 Å². The lowest BCUT2D eigenvalue weighted by Crippen LogP contribution is -2.48. The summed E-state index contributed by atoms with van der Waals surface area (Å²) < 4.78 is 11.5. The van der Waals surface area contributed by atoms with Crippen LogP contribution in [0.15, 0.2) is 66.7 Å². The highest BCUT2D eigenvalue weighted by Crippen LogP contribution is 2.26. The molecule has 2 saturated heterocycles. The van der Waals surface area contributed by atoms with Crippen LogP contribution in [-0.2, 0) is 36.9 Å². The maximum atomic E-state index is 14.6. The maximum absolute atomic E-state index is 14.6. The van der Waals surface area contributed by atoms with Crippen LogP contribution >= 0.6 is 0 Å². The molecule has 258 valence electrons. The third-order valence-corrected chi connectivity index (χ3v) is 9.54. The van der Waals surface area contributed by atoms with Gasteiger partial charge in [-0.3, -0.25) is 19.2 Å². The number of rotatable bonds is 11. The molecular formula is C38H49N3O7. The van der Waals surface area contributed by atoms with Crippen LogP contribution in [0.25, 0.3) is 0 Å². The van der Waals surface area contributed by atoms with Crippen molar-refractivity contribution in [1.82, 2.24) is 14.7 Å². The highest BCUT2D eigenvalue weighted by molar-refractivity contribution is 5.87. The first-order chi connectivity index (χ1) is 23.4. The summed E-state index contributed by atoms with van der Waals surface area (Å²) in [7, 11) is 0. The van der Waals surface area contributed by atoms with Gasteiger partial charge in [0.15, 0.2) is 0 Å². The van der Waals surface area contributed by atoms with Crippen LogP contribution in [0.1, 0.15) is 62.5 Å². The lowest BCUT2D eigenvalue weighted by molar-refractivity contribution is -0.155. The number of hydrogen-bond donors (Lipinski definition) is 1. The number of cyclic esters (lactones) is 1. The number of esters is 1. The van der Waals surface area contributed by atoms with Gasteiger partial charge in [0.25, 0.3) is 0 Å². The number of hydrogen-bond acceptors (Lipinski definition) is 7. The van der Waals surface area contributed by atoms with Crippen LogP contribution in [-0.4, -0.2) is 95.5 Å². The summed E-state index contributed by atoms with van der Waals surface area (Å²) in [5, 5.41) is 9.14. The Morgan fingerprint density at radius 1 is 0.771 bits per heavy atom. The molecule has 0 spiro atoms. The second-order valence-corrected chi connectivity index (χ2v) is 13.1. The summed E-state index contributed by atoms with van der Waals surface area (Å²) in [5.41, 5.74) is 1.84. The van der Waals surface area contributed by atoms with E-state index in [1.165, 1.54) is 0 Å². The van der Waals surface area contributed by atoms with E-state index in [0.717, 1.165) is 36.8 Å². The molecule has 1 N–H and O–H groups in total. The Kier molecular flexibility index (Phi) is 13.0. The number of allylic oxidation sites excluding steroid dienone is 2. The molecule has 3 aliphatic heterocycles. The molecule has 0 radical (unpaired) electrons. The van der Waals surface area contributed by atoms with E-state index in [1.54, 1.807) is 17.0 Å². The third kappa shape index (κ3) is 9.92. The van der Waals surface area contributed by atoms with E-state index >= 15 is 0 Å². The Morgan fingerprint density at radius 2 is 1.35 bits per heavy atom. The van der Waals surface area contributed by atoms with Crippen molar-refractivity contribution in [3.8, 4) is 5.75 Å². The molecule has 2 aromatic carbocycles. The molecule has 10 heteroatoms. The number of benzene rings is 2. The van der Waals surface area contributed by atoms with Crippen molar-refractivity contribution in [3.63, 3.8) is 0 Å². The standard InChI is InChI=1S/C38H49N3O7/c42-22-23-47-34-16-14-30(15-17-34)27-41-33(24-29-10-2-1-3-11-29)28-48-38(46)32(26-36(44)40-20-8-9-21-40)13-5-4-12-31(37(41)45)25-35(43)39-18-6-7-19-39/h1-5,10-11,14-17,31-33,42H,6-9,12-13,18-28H2. The van der Waals surface area contributed by atoms with E-state index in [4.69, 9.17) is 14.6 Å². The Hall–Kier alpha value is -4.18. The second-order valence-electron chi connectivity index (χ2n) is 13.1. The van der Waals surface area contributed by atoms with E-state index in [1.807, 2.05) is 64.4 Å². The van der Waals surface area contributed by atoms with E-state index in [-0.39, 0.29) is 56.9 Å². The van der Waals surface area contributed by atoms with E-state index in [0.29, 0.717) is 51.2 Å². The van der Waals surface area contributed by atoms with Gasteiger partial charge in [-0.2, -0.15) is 0 Å². The predicted octanol–water partition coefficient (Wildman–Crippen LogP) is 4.15. The molecule has 2 fully saturated rings. The predicted molar refractivity (Wildman–Crippen MR) is 181 cm³/mol. The Labute approximate surface area is 283 Å². The Bertz CT molecular complexity index is 1380. The lowest BCUT2D eigenvalue weighted by Gasteiger charge is -2.35. The largest absolute Gasteiger partial charge is 0.491 e. The van der Waals surface area contributed by atoms with Crippen molar-refractivity contribution >= 4 is 23.7 Å². The third-order valence-electron chi connectivity index (χ3n) is 9.54. The first-order valence-corrected chi connectivity index (χ1v) is 17.5. The highest BCUT2D eigenvalue weighted by Gasteiger charge is 2.35. The molecular weight excluding hydrogens is 610 g/mol. The fraction of sp³-hybridized carbons (Fsp3) is 0.526. The van der Waals surface area contributed by atoms with Crippen molar-refractivity contribution in [1.29, 1.82) is 0 Å². The van der Waals surface area contributed by atoms with Gasteiger partial charge >= 0.3 is 5.97 Å². The van der Waals surface area contributed by atoms with Crippen LogP contribution in [0, 0.1) is 11.8 Å². The number of nitrogens with zero attached hydrogens (tertiary/aromatic N) is 3. The summed E-state index contributed by atoms with van der Waals surface area (Å²) in [5.74, 6) is -1.28. The van der Waals surface area contributed by atoms with Gasteiger partial charge < -0.3 is 29.3 Å². The average molecular weight is 660 g/mol. The summed E-state index contributed by atoms with van der Waals surface area (Å²) in [6.45, 7) is 3.14. The SMILES string of the molecule is O=C1OCC(Cc2ccccc2)N(Cc2ccc(OCCO)cc2)C(=O)C(CC(=O)N2CCCC2)CC=CCC1CC(=O)N1CCCC1. The summed E-state index contributed by atoms with van der Waals surface area (Å²) in [4.78, 5) is 60.2. The number of carbonyl (C=O) groups excluding carboxylic acids is 4. The molecule has 3 aliphatic rings. The Balaban J connectivity index is 1.45. The molecule has 0 saturated carbocycles. The number of amides is 3. The lowest BCUT2D eigenvalue weighted by atomic mass is 9.94. The Morgan fingerprint density at radius 3 is 1.96 bits per heavy atom. The minimum Gasteiger partial charge on any atom is -0.491 e. The number of aliphatic hydroxyl groups is 1. The number of ether oxygens (including phenoxy) is 2. The molecule has 3 amide bonds. The number of aliphatic hydroxyl groups excluding tert-OH is 1. The average Bonchev–Trinajstić information content (AvgIpc) is 3.85. The fourth-order valence-corrected chi connectivity index (χ4v) is 6.78. The van der Waals surface area contributed by atoms with Gasteiger partial charge in [0, 0.05) is 45.6 Å². The smallest absolute Gasteiger partial charge is 0.309 e. The normalized spacial score (nSPS) is 22.3. The van der Waals surface area contributed by atoms with Crippen LogP contribution in [0.5, 0.6) is 5.75 Å². The van der Waals surface area contributed by atoms with Crippen molar-refractivity contribution in [2.45, 2.75) is 70.4 Å². The van der Waals surface area contributed by atoms with Gasteiger partial charge in [-0.25, -0.2) is 0 Å². The van der Waals surface area contributed by atoms with Crippen LogP contribution < -0.4 is 4.74 Å². The molecule has 3 heterocycles. The van der Waals surface area contributed by atoms with Crippen LogP contribution in [0.4, 0.5) is 0 Å². The zero-order chi connectivity index (χ0) is 33.7. The molecule has 0 aliphatic carbocycles. The van der Waals surface area contributed by atoms with Gasteiger partial charge in [0.1, 0.15) is 19.0 Å². The second kappa shape index (κ2) is 17.8. The zero-order valence-electron chi connectivity index (χ0n) is 27.8. The first kappa shape index (κ1) is 35.1. The minimum atomic E-state index is -0.633. The molecule has 10 nitrogen and oxygen atoms in total. The molecule has 0 aromatic heterocycles. The summed E-state index contributed by atoms with van der Waals surface area (Å²) >= 11 is 0. The summed E-state index contributed by atoms with van der Waals surface area (Å²) in [6.07, 6.45) is 8.94. The van der Waals surface area contributed by atoms with Crippen molar-refractivity contribution in [2.75, 3.05) is 46.0 Å². The van der Waals surface area contributed by atoms with Crippen LogP contribution in [0.3, 0.4) is 0 Å². The van der Waals surface area contributed by atoms with Crippen molar-refractivity contribution < 1.29 is 33.8 Å². The van der Waals surface area contributed by atoms with Crippen molar-refractivity contribution in [2.24, 2.45) is 11.8 Å². The maximum Gasteiger partial charge on any atom is 0.309 e. The molecule has 5 rings (SSSR count). The highest BCUT2D eigenvalue weighted by atomic mass is 16.5. The minimum absolute atomic E-state index is 0.0168. The number of carbonyl (C=O) groups is 4. The van der Waals surface area contributed by atoms with E-state index in [9.17, 15) is 19.2 Å². The van der Waals surface area contributed by atoms with Gasteiger partial charge in [-0.05, 0) is 68.2 Å².